The fraction of sp³-hybridized carbons (Fsp3) is 0.370. The SMILES string of the molecule is C[C@H]1CN([C@@H](C)CO)C(=O)Cc2cc(NS(=O)(=O)c3cccs3)ccc2O[C@H]1CN(C)S(=O)(=O)c1ccc(Cl)cc1. The van der Waals surface area contributed by atoms with Crippen molar-refractivity contribution in [3.8, 4) is 5.75 Å². The molecule has 1 aromatic heterocycles. The number of aliphatic hydroxyl groups excluding tert-OH is 1. The van der Waals surface area contributed by atoms with Crippen LogP contribution in [0.15, 0.2) is 69.1 Å². The standard InChI is InChI=1S/C27H32ClN3O7S3/c1-18-15-31(19(2)17-32)26(33)14-20-13-22(29-40(34,35)27-5-4-12-39-27)8-11-24(20)38-25(18)16-30(3)41(36,37)23-9-6-21(28)7-10-23/h4-13,18-19,25,29,32H,14-17H2,1-3H3/t18-,19-,25-/m0/s1. The van der Waals surface area contributed by atoms with E-state index < -0.39 is 32.2 Å². The third-order valence-electron chi connectivity index (χ3n) is 6.89. The fourth-order valence-corrected chi connectivity index (χ4v) is 7.82. The first-order chi connectivity index (χ1) is 19.3. The molecule has 0 radical (unpaired) electrons. The largest absolute Gasteiger partial charge is 0.488 e. The first-order valence-electron chi connectivity index (χ1n) is 12.8. The van der Waals surface area contributed by atoms with Gasteiger partial charge in [-0.3, -0.25) is 9.52 Å². The van der Waals surface area contributed by atoms with E-state index in [-0.39, 0.29) is 52.7 Å². The molecule has 2 heterocycles. The number of nitrogens with zero attached hydrogens (tertiary/aromatic N) is 2. The van der Waals surface area contributed by atoms with Gasteiger partial charge in [0.2, 0.25) is 15.9 Å². The Kier molecular flexibility index (Phi) is 9.66. The molecule has 3 atom stereocenters. The van der Waals surface area contributed by atoms with Gasteiger partial charge in [0.15, 0.2) is 0 Å². The van der Waals surface area contributed by atoms with E-state index in [2.05, 4.69) is 4.72 Å². The van der Waals surface area contributed by atoms with Crippen LogP contribution >= 0.6 is 22.9 Å². The summed E-state index contributed by atoms with van der Waals surface area (Å²) in [6, 6.07) is 13.2. The molecule has 14 heteroatoms. The molecule has 4 rings (SSSR count). The highest BCUT2D eigenvalue weighted by Gasteiger charge is 2.33. The number of halogens is 1. The zero-order valence-electron chi connectivity index (χ0n) is 22.7. The van der Waals surface area contributed by atoms with Gasteiger partial charge in [0.1, 0.15) is 16.1 Å². The molecule has 2 aromatic carbocycles. The van der Waals surface area contributed by atoms with Crippen molar-refractivity contribution in [2.24, 2.45) is 5.92 Å². The summed E-state index contributed by atoms with van der Waals surface area (Å²) < 4.78 is 62.5. The van der Waals surface area contributed by atoms with Crippen LogP contribution in [0.5, 0.6) is 5.75 Å². The van der Waals surface area contributed by atoms with Crippen LogP contribution in [0, 0.1) is 5.92 Å². The maximum absolute atomic E-state index is 13.4. The number of carbonyl (C=O) groups is 1. The molecule has 0 spiro atoms. The first-order valence-corrected chi connectivity index (χ1v) is 17.0. The van der Waals surface area contributed by atoms with Crippen molar-refractivity contribution in [1.82, 2.24) is 9.21 Å². The number of thiophene rings is 1. The Labute approximate surface area is 249 Å². The molecule has 41 heavy (non-hydrogen) atoms. The molecule has 10 nitrogen and oxygen atoms in total. The fourth-order valence-electron chi connectivity index (χ4n) is 4.47. The van der Waals surface area contributed by atoms with Gasteiger partial charge in [0.05, 0.1) is 30.5 Å². The molecule has 0 unspecified atom stereocenters. The van der Waals surface area contributed by atoms with Gasteiger partial charge in [-0.2, -0.15) is 4.31 Å². The number of nitrogens with one attached hydrogen (secondary N) is 1. The normalized spacial score (nSPS) is 19.1. The maximum atomic E-state index is 13.4. The van der Waals surface area contributed by atoms with E-state index in [9.17, 15) is 26.7 Å². The number of ether oxygens (including phenoxy) is 1. The van der Waals surface area contributed by atoms with Crippen molar-refractivity contribution >= 4 is 54.6 Å². The lowest BCUT2D eigenvalue weighted by Gasteiger charge is -2.33. The van der Waals surface area contributed by atoms with Crippen molar-refractivity contribution in [2.75, 3.05) is 31.5 Å². The second kappa shape index (κ2) is 12.7. The Balaban J connectivity index is 1.68. The third kappa shape index (κ3) is 7.22. The molecule has 0 bridgehead atoms. The summed E-state index contributed by atoms with van der Waals surface area (Å²) in [7, 11) is -6.25. The van der Waals surface area contributed by atoms with Gasteiger partial charge in [0.25, 0.3) is 10.0 Å². The highest BCUT2D eigenvalue weighted by Crippen LogP contribution is 2.31. The topological polar surface area (TPSA) is 133 Å². The van der Waals surface area contributed by atoms with Gasteiger partial charge >= 0.3 is 0 Å². The van der Waals surface area contributed by atoms with E-state index >= 15 is 0 Å². The van der Waals surface area contributed by atoms with Crippen LogP contribution < -0.4 is 9.46 Å². The van der Waals surface area contributed by atoms with Crippen LogP contribution in [0.3, 0.4) is 0 Å². The number of sulfonamides is 2. The second-order valence-corrected chi connectivity index (χ2v) is 15.3. The van der Waals surface area contributed by atoms with Gasteiger partial charge in [0, 0.05) is 35.8 Å². The molecule has 0 saturated heterocycles. The van der Waals surface area contributed by atoms with Crippen LogP contribution in [0.25, 0.3) is 0 Å². The Morgan fingerprint density at radius 1 is 1.17 bits per heavy atom. The summed E-state index contributed by atoms with van der Waals surface area (Å²) in [6.45, 7) is 3.50. The van der Waals surface area contributed by atoms with Gasteiger partial charge in [-0.25, -0.2) is 16.8 Å². The number of aliphatic hydroxyl groups is 1. The molecule has 3 aromatic rings. The molecule has 222 valence electrons. The number of carbonyl (C=O) groups excluding carboxylic acids is 1. The average Bonchev–Trinajstić information content (AvgIpc) is 3.49. The molecule has 0 aliphatic carbocycles. The van der Waals surface area contributed by atoms with E-state index in [1.165, 1.54) is 47.8 Å². The van der Waals surface area contributed by atoms with Crippen LogP contribution in [0.4, 0.5) is 5.69 Å². The predicted octanol–water partition coefficient (Wildman–Crippen LogP) is 3.67. The minimum Gasteiger partial charge on any atom is -0.488 e. The van der Waals surface area contributed by atoms with Crippen LogP contribution in [-0.2, 0) is 31.3 Å². The number of fused-ring (bicyclic) bond motifs is 1. The van der Waals surface area contributed by atoms with E-state index in [0.717, 1.165) is 11.3 Å². The van der Waals surface area contributed by atoms with E-state index in [4.69, 9.17) is 16.3 Å². The smallest absolute Gasteiger partial charge is 0.271 e. The number of hydrogen-bond acceptors (Lipinski definition) is 8. The van der Waals surface area contributed by atoms with Crippen molar-refractivity contribution in [2.45, 2.75) is 41.5 Å². The molecule has 1 amide bonds. The Hall–Kier alpha value is -2.68. The van der Waals surface area contributed by atoms with Gasteiger partial charge in [-0.05, 0) is 60.8 Å². The number of amides is 1. The number of rotatable bonds is 9. The summed E-state index contributed by atoms with van der Waals surface area (Å²) in [5, 5.41) is 11.9. The maximum Gasteiger partial charge on any atom is 0.271 e. The molecule has 2 N–H and O–H groups in total. The summed E-state index contributed by atoms with van der Waals surface area (Å²) in [6.07, 6.45) is -0.791. The minimum atomic E-state index is -3.88. The van der Waals surface area contributed by atoms with E-state index in [0.29, 0.717) is 16.3 Å². The van der Waals surface area contributed by atoms with E-state index in [1.54, 1.807) is 35.4 Å². The van der Waals surface area contributed by atoms with Crippen molar-refractivity contribution in [1.29, 1.82) is 0 Å². The summed E-state index contributed by atoms with van der Waals surface area (Å²) in [5.74, 6) is -0.270. The predicted molar refractivity (Wildman–Crippen MR) is 158 cm³/mol. The monoisotopic (exact) mass is 641 g/mol. The Morgan fingerprint density at radius 2 is 1.88 bits per heavy atom. The minimum absolute atomic E-state index is 0.0339. The molecule has 0 fully saturated rings. The first kappa shape index (κ1) is 31.3. The Bertz CT molecular complexity index is 1580. The number of hydrogen-bond donors (Lipinski definition) is 2. The van der Waals surface area contributed by atoms with E-state index in [1.807, 2.05) is 6.92 Å². The number of anilines is 1. The summed E-state index contributed by atoms with van der Waals surface area (Å²) in [4.78, 5) is 15.0. The number of benzene rings is 2. The molecular formula is C27H32ClN3O7S3. The lowest BCUT2D eigenvalue weighted by Crippen LogP contribution is -2.48. The van der Waals surface area contributed by atoms with Crippen LogP contribution in [0.1, 0.15) is 19.4 Å². The average molecular weight is 642 g/mol. The highest BCUT2D eigenvalue weighted by molar-refractivity contribution is 7.94. The van der Waals surface area contributed by atoms with Gasteiger partial charge in [-0.15, -0.1) is 11.3 Å². The van der Waals surface area contributed by atoms with Gasteiger partial charge < -0.3 is 14.7 Å². The van der Waals surface area contributed by atoms with Crippen molar-refractivity contribution in [3.05, 3.63) is 70.6 Å². The lowest BCUT2D eigenvalue weighted by atomic mass is 10.0. The molecule has 1 aliphatic rings. The molecule has 0 saturated carbocycles. The lowest BCUT2D eigenvalue weighted by molar-refractivity contribution is -0.134. The zero-order valence-corrected chi connectivity index (χ0v) is 25.9. The van der Waals surface area contributed by atoms with Crippen LogP contribution in [-0.4, -0.2) is 75.9 Å². The molecule has 1 aliphatic heterocycles. The highest BCUT2D eigenvalue weighted by atomic mass is 35.5. The zero-order chi connectivity index (χ0) is 29.9. The summed E-state index contributed by atoms with van der Waals surface area (Å²) in [5.41, 5.74) is 0.681. The van der Waals surface area contributed by atoms with Crippen molar-refractivity contribution in [3.63, 3.8) is 0 Å². The number of likely N-dealkylation sites (N-methyl/N-ethyl adjacent to an activating group) is 1. The van der Waals surface area contributed by atoms with Gasteiger partial charge in [-0.1, -0.05) is 24.6 Å². The van der Waals surface area contributed by atoms with Crippen molar-refractivity contribution < 1.29 is 31.5 Å². The summed E-state index contributed by atoms with van der Waals surface area (Å²) >= 11 is 7.01. The quantitative estimate of drug-likeness (QED) is 0.364. The second-order valence-electron chi connectivity index (χ2n) is 9.99. The third-order valence-corrected chi connectivity index (χ3v) is 11.8. The van der Waals surface area contributed by atoms with Crippen LogP contribution in [0.2, 0.25) is 5.02 Å². The molecular weight excluding hydrogens is 610 g/mol. The Morgan fingerprint density at radius 3 is 2.51 bits per heavy atom.